The normalized spacial score (nSPS) is 10.9. The molecule has 0 aliphatic carbocycles. The van der Waals surface area contributed by atoms with E-state index >= 15 is 0 Å². The van der Waals surface area contributed by atoms with Gasteiger partial charge in [0, 0.05) is 10.7 Å². The van der Waals surface area contributed by atoms with Crippen LogP contribution in [-0.2, 0) is 0 Å². The zero-order valence-corrected chi connectivity index (χ0v) is 4.94. The van der Waals surface area contributed by atoms with E-state index < -0.39 is 0 Å². The molecule has 1 rings (SSSR count). The highest BCUT2D eigenvalue weighted by molar-refractivity contribution is 6.30. The van der Waals surface area contributed by atoms with Gasteiger partial charge in [-0.15, -0.1) is 0 Å². The van der Waals surface area contributed by atoms with Crippen molar-refractivity contribution < 1.29 is 1.37 Å². The van der Waals surface area contributed by atoms with Crippen LogP contribution < -0.4 is 5.73 Å². The summed E-state index contributed by atoms with van der Waals surface area (Å²) >= 11 is 5.55. The van der Waals surface area contributed by atoms with Crippen LogP contribution >= 0.6 is 11.6 Å². The number of nitrogens with two attached hydrogens (primary N) is 1. The Bertz CT molecular complexity index is 224. The van der Waals surface area contributed by atoms with E-state index in [4.69, 9.17) is 18.7 Å². The number of rotatable bonds is 0. The summed E-state index contributed by atoms with van der Waals surface area (Å²) in [6.45, 7) is 0. The molecule has 1 aromatic carbocycles. The fraction of sp³-hybridized carbons (Fsp3) is 0. The van der Waals surface area contributed by atoms with Crippen LogP contribution in [0.4, 0.5) is 5.69 Å². The molecule has 0 fully saturated rings. The average molecular weight is 129 g/mol. The summed E-state index contributed by atoms with van der Waals surface area (Å²) in [5.41, 5.74) is 5.95. The molecule has 8 heavy (non-hydrogen) atoms. The van der Waals surface area contributed by atoms with E-state index in [2.05, 4.69) is 0 Å². The molecule has 1 nitrogen and oxygen atoms in total. The lowest BCUT2D eigenvalue weighted by Crippen LogP contribution is -1.80. The largest absolute Gasteiger partial charge is 0.399 e. The highest BCUT2D eigenvalue weighted by Crippen LogP contribution is 2.10. The predicted molar refractivity (Wildman–Crippen MR) is 35.9 cm³/mol. The van der Waals surface area contributed by atoms with Gasteiger partial charge in [-0.1, -0.05) is 17.7 Å². The van der Waals surface area contributed by atoms with Crippen LogP contribution in [0.2, 0.25) is 5.02 Å². The molecule has 0 heterocycles. The third-order valence-corrected chi connectivity index (χ3v) is 1.01. The van der Waals surface area contributed by atoms with Gasteiger partial charge in [-0.3, -0.25) is 0 Å². The van der Waals surface area contributed by atoms with E-state index in [9.17, 15) is 0 Å². The van der Waals surface area contributed by atoms with Gasteiger partial charge >= 0.3 is 0 Å². The van der Waals surface area contributed by atoms with E-state index in [-0.39, 0.29) is 0 Å². The zero-order chi connectivity index (χ0) is 6.85. The second kappa shape index (κ2) is 2.05. The fourth-order valence-corrected chi connectivity index (χ4v) is 0.643. The summed E-state index contributed by atoms with van der Waals surface area (Å²) in [5, 5.41) is 0.398. The van der Waals surface area contributed by atoms with E-state index in [1.165, 1.54) is 0 Å². The molecule has 1 aromatic rings. The highest BCUT2D eigenvalue weighted by atomic mass is 35.5. The second-order valence-electron chi connectivity index (χ2n) is 1.47. The monoisotopic (exact) mass is 128 g/mol. The van der Waals surface area contributed by atoms with Gasteiger partial charge in [0.05, 0.1) is 1.37 Å². The summed E-state index contributed by atoms with van der Waals surface area (Å²) in [6.07, 6.45) is 0. The molecule has 0 aliphatic heterocycles. The molecule has 42 valence electrons. The van der Waals surface area contributed by atoms with Gasteiger partial charge in [0.25, 0.3) is 0 Å². The molecule has 0 unspecified atom stereocenters. The molecule has 0 saturated carbocycles. The van der Waals surface area contributed by atoms with Gasteiger partial charge in [0.2, 0.25) is 0 Å². The molecule has 0 bridgehead atoms. The minimum Gasteiger partial charge on any atom is -0.399 e. The Balaban J connectivity index is 3.17. The molecule has 0 radical (unpaired) electrons. The predicted octanol–water partition coefficient (Wildman–Crippen LogP) is 1.92. The maximum atomic E-state index is 7.13. The summed E-state index contributed by atoms with van der Waals surface area (Å²) in [4.78, 5) is 0. The molecular formula is C6H6ClN. The van der Waals surface area contributed by atoms with Crippen LogP contribution in [0.3, 0.4) is 0 Å². The molecule has 0 spiro atoms. The average Bonchev–Trinajstić information content (AvgIpc) is 1.80. The van der Waals surface area contributed by atoms with Crippen LogP contribution in [0, 0.1) is 0 Å². The fourth-order valence-electron chi connectivity index (χ4n) is 0.454. The number of hydrogen-bond acceptors (Lipinski definition) is 1. The molecule has 0 amide bonds. The van der Waals surface area contributed by atoms with Gasteiger partial charge in [-0.25, -0.2) is 0 Å². The van der Waals surface area contributed by atoms with E-state index in [0.717, 1.165) is 0 Å². The van der Waals surface area contributed by atoms with Crippen molar-refractivity contribution in [1.29, 1.82) is 0 Å². The Morgan fingerprint density at radius 1 is 1.75 bits per heavy atom. The first-order valence-corrected chi connectivity index (χ1v) is 2.59. The van der Waals surface area contributed by atoms with Gasteiger partial charge in [-0.2, -0.15) is 0 Å². The van der Waals surface area contributed by atoms with E-state index in [0.29, 0.717) is 16.8 Å². The Hall–Kier alpha value is -0.690. The van der Waals surface area contributed by atoms with E-state index in [1.54, 1.807) is 18.2 Å². The Morgan fingerprint density at radius 3 is 3.00 bits per heavy atom. The first kappa shape index (κ1) is 4.21. The summed E-state index contributed by atoms with van der Waals surface area (Å²) in [5.74, 6) is 0. The maximum Gasteiger partial charge on any atom is 0.0638 e. The Labute approximate surface area is 54.5 Å². The lowest BCUT2D eigenvalue weighted by molar-refractivity contribution is 1.69. The highest BCUT2D eigenvalue weighted by Gasteiger charge is 1.83. The zero-order valence-electron chi connectivity index (χ0n) is 5.19. The SMILES string of the molecule is [2H]c1ccc(N)cc1Cl. The molecular weight excluding hydrogens is 122 g/mol. The summed E-state index contributed by atoms with van der Waals surface area (Å²) < 4.78 is 7.13. The lowest BCUT2D eigenvalue weighted by Gasteiger charge is -1.89. The molecule has 0 aliphatic rings. The molecule has 0 atom stereocenters. The first-order valence-electron chi connectivity index (χ1n) is 2.72. The lowest BCUT2D eigenvalue weighted by atomic mass is 10.3. The van der Waals surface area contributed by atoms with Gasteiger partial charge in [0.15, 0.2) is 0 Å². The van der Waals surface area contributed by atoms with Crippen molar-refractivity contribution in [1.82, 2.24) is 0 Å². The summed E-state index contributed by atoms with van der Waals surface area (Å²) in [6, 6.07) is 5.08. The van der Waals surface area contributed by atoms with Crippen molar-refractivity contribution in [3.63, 3.8) is 0 Å². The van der Waals surface area contributed by atoms with E-state index in [1.807, 2.05) is 0 Å². The van der Waals surface area contributed by atoms with Crippen molar-refractivity contribution >= 4 is 17.3 Å². The number of benzene rings is 1. The quantitative estimate of drug-likeness (QED) is 0.531. The molecule has 0 saturated heterocycles. The number of nitrogen functional groups attached to an aromatic ring is 1. The van der Waals surface area contributed by atoms with Crippen LogP contribution in [0.25, 0.3) is 0 Å². The molecule has 2 heteroatoms. The van der Waals surface area contributed by atoms with Gasteiger partial charge < -0.3 is 5.73 Å². The van der Waals surface area contributed by atoms with Crippen LogP contribution in [0.15, 0.2) is 24.2 Å². The standard InChI is InChI=1S/C6H6ClN/c7-5-2-1-3-6(8)4-5/h1-4H,8H2/i2D. The van der Waals surface area contributed by atoms with Crippen LogP contribution in [0.1, 0.15) is 1.37 Å². The summed E-state index contributed by atoms with van der Waals surface area (Å²) in [7, 11) is 0. The minimum absolute atomic E-state index is 0.311. The Morgan fingerprint density at radius 2 is 2.50 bits per heavy atom. The minimum atomic E-state index is 0.311. The molecule has 0 aromatic heterocycles. The van der Waals surface area contributed by atoms with Gasteiger partial charge in [0.1, 0.15) is 0 Å². The van der Waals surface area contributed by atoms with Crippen molar-refractivity contribution in [2.45, 2.75) is 0 Å². The van der Waals surface area contributed by atoms with Crippen molar-refractivity contribution in [2.75, 3.05) is 5.73 Å². The van der Waals surface area contributed by atoms with Crippen LogP contribution in [0.5, 0.6) is 0 Å². The Kier molecular flexibility index (Phi) is 1.08. The van der Waals surface area contributed by atoms with Crippen molar-refractivity contribution in [3.8, 4) is 0 Å². The third-order valence-electron chi connectivity index (χ3n) is 0.790. The van der Waals surface area contributed by atoms with Crippen molar-refractivity contribution in [2.24, 2.45) is 0 Å². The molecule has 2 N–H and O–H groups in total. The topological polar surface area (TPSA) is 26.0 Å². The smallest absolute Gasteiger partial charge is 0.0638 e. The van der Waals surface area contributed by atoms with Crippen LogP contribution in [-0.4, -0.2) is 0 Å². The second-order valence-corrected chi connectivity index (χ2v) is 1.88. The van der Waals surface area contributed by atoms with Crippen molar-refractivity contribution in [3.05, 3.63) is 29.3 Å². The number of anilines is 1. The van der Waals surface area contributed by atoms with Gasteiger partial charge in [-0.05, 0) is 18.2 Å². The third kappa shape index (κ3) is 1.14. The first-order chi connectivity index (χ1) is 4.20. The number of hydrogen-bond donors (Lipinski definition) is 1. The number of halogens is 1. The maximum absolute atomic E-state index is 7.13.